The maximum absolute atomic E-state index is 12.1. The Morgan fingerprint density at radius 2 is 2.00 bits per heavy atom. The van der Waals surface area contributed by atoms with Crippen molar-refractivity contribution in [3.05, 3.63) is 35.4 Å². The van der Waals surface area contributed by atoms with Gasteiger partial charge in [-0.05, 0) is 25.0 Å². The molecule has 0 aromatic heterocycles. The minimum Gasteiger partial charge on any atom is -0.378 e. The molecule has 0 radical (unpaired) electrons. The largest absolute Gasteiger partial charge is 0.378 e. The van der Waals surface area contributed by atoms with E-state index in [1.54, 1.807) is 12.0 Å². The summed E-state index contributed by atoms with van der Waals surface area (Å²) in [6, 6.07) is 7.99. The molecule has 0 bridgehead atoms. The monoisotopic (exact) mass is 264 g/mol. The van der Waals surface area contributed by atoms with Crippen molar-refractivity contribution < 1.29 is 9.53 Å². The number of ether oxygens (including phenoxy) is 1. The molecule has 0 aliphatic rings. The highest BCUT2D eigenvalue weighted by molar-refractivity contribution is 5.76. The molecule has 0 aliphatic carbocycles. The van der Waals surface area contributed by atoms with E-state index in [1.807, 2.05) is 45.2 Å². The normalized spacial score (nSPS) is 11.4. The molecule has 0 fully saturated rings. The van der Waals surface area contributed by atoms with Crippen LogP contribution in [0.1, 0.15) is 31.4 Å². The molecule has 1 aromatic carbocycles. The van der Waals surface area contributed by atoms with Crippen molar-refractivity contribution >= 4 is 5.91 Å². The zero-order chi connectivity index (χ0) is 14.5. The molecule has 106 valence electrons. The topological polar surface area (TPSA) is 55.6 Å². The first-order valence-electron chi connectivity index (χ1n) is 6.45. The highest BCUT2D eigenvalue weighted by Gasteiger charge is 2.23. The van der Waals surface area contributed by atoms with E-state index >= 15 is 0 Å². The molecule has 0 saturated heterocycles. The number of benzene rings is 1. The lowest BCUT2D eigenvalue weighted by Crippen LogP contribution is -2.34. The summed E-state index contributed by atoms with van der Waals surface area (Å²) in [5.74, 6) is 0.0741. The molecule has 0 spiro atoms. The van der Waals surface area contributed by atoms with E-state index in [9.17, 15) is 4.79 Å². The third kappa shape index (κ3) is 5.01. The Kier molecular flexibility index (Phi) is 5.51. The molecule has 0 aliphatic heterocycles. The zero-order valence-corrected chi connectivity index (χ0v) is 12.3. The van der Waals surface area contributed by atoms with E-state index in [-0.39, 0.29) is 5.91 Å². The van der Waals surface area contributed by atoms with E-state index < -0.39 is 5.60 Å². The van der Waals surface area contributed by atoms with Gasteiger partial charge in [0, 0.05) is 27.2 Å². The third-order valence-corrected chi connectivity index (χ3v) is 3.20. The van der Waals surface area contributed by atoms with Gasteiger partial charge in [-0.3, -0.25) is 4.79 Å². The van der Waals surface area contributed by atoms with E-state index in [4.69, 9.17) is 10.5 Å². The second kappa shape index (κ2) is 6.68. The van der Waals surface area contributed by atoms with Gasteiger partial charge in [-0.15, -0.1) is 0 Å². The van der Waals surface area contributed by atoms with Gasteiger partial charge in [0.15, 0.2) is 0 Å². The highest BCUT2D eigenvalue weighted by Crippen LogP contribution is 2.15. The van der Waals surface area contributed by atoms with Gasteiger partial charge in [0.05, 0.1) is 12.0 Å². The van der Waals surface area contributed by atoms with E-state index in [1.165, 1.54) is 0 Å². The summed E-state index contributed by atoms with van der Waals surface area (Å²) in [7, 11) is 3.43. The Labute approximate surface area is 115 Å². The fourth-order valence-corrected chi connectivity index (χ4v) is 1.79. The minimum absolute atomic E-state index is 0.0741. The van der Waals surface area contributed by atoms with Crippen LogP contribution in [0.2, 0.25) is 0 Å². The van der Waals surface area contributed by atoms with Crippen molar-refractivity contribution in [2.24, 2.45) is 5.73 Å². The summed E-state index contributed by atoms with van der Waals surface area (Å²) in [5.41, 5.74) is 7.36. The Bertz CT molecular complexity index is 430. The number of hydrogen-bond donors (Lipinski definition) is 1. The van der Waals surface area contributed by atoms with Gasteiger partial charge in [0.25, 0.3) is 0 Å². The Balaban J connectivity index is 2.63. The summed E-state index contributed by atoms with van der Waals surface area (Å²) in [4.78, 5) is 13.8. The lowest BCUT2D eigenvalue weighted by Gasteiger charge is -2.26. The third-order valence-electron chi connectivity index (χ3n) is 3.20. The fourth-order valence-electron chi connectivity index (χ4n) is 1.79. The van der Waals surface area contributed by atoms with Crippen LogP contribution in [0.5, 0.6) is 0 Å². The number of methoxy groups -OCH3 is 1. The molecule has 19 heavy (non-hydrogen) atoms. The van der Waals surface area contributed by atoms with Gasteiger partial charge < -0.3 is 15.4 Å². The van der Waals surface area contributed by atoms with Crippen LogP contribution >= 0.6 is 0 Å². The molecule has 0 saturated carbocycles. The Morgan fingerprint density at radius 3 is 2.58 bits per heavy atom. The number of carbonyl (C=O) groups excluding carboxylic acids is 1. The molecule has 1 amide bonds. The van der Waals surface area contributed by atoms with Gasteiger partial charge in [-0.25, -0.2) is 0 Å². The summed E-state index contributed by atoms with van der Waals surface area (Å²) < 4.78 is 5.28. The standard InChI is InChI=1S/C15H24N2O2/c1-15(2,19-4)9-14(18)17(3)11-13-7-5-6-12(8-13)10-16/h5-8H,9-11,16H2,1-4H3. The van der Waals surface area contributed by atoms with E-state index in [0.29, 0.717) is 19.5 Å². The number of nitrogens with two attached hydrogens (primary N) is 1. The molecule has 2 N–H and O–H groups in total. The molecule has 1 rings (SSSR count). The SMILES string of the molecule is COC(C)(C)CC(=O)N(C)Cc1cccc(CN)c1. The van der Waals surface area contributed by atoms with Crippen LogP contribution in [0, 0.1) is 0 Å². The maximum Gasteiger partial charge on any atom is 0.225 e. The van der Waals surface area contributed by atoms with E-state index in [2.05, 4.69) is 0 Å². The molecule has 0 unspecified atom stereocenters. The average Bonchev–Trinajstić information content (AvgIpc) is 2.38. The molecular formula is C15H24N2O2. The second-order valence-electron chi connectivity index (χ2n) is 5.41. The summed E-state index contributed by atoms with van der Waals surface area (Å²) in [6.07, 6.45) is 0.372. The molecule has 4 nitrogen and oxygen atoms in total. The first kappa shape index (κ1) is 15.7. The zero-order valence-electron chi connectivity index (χ0n) is 12.3. The van der Waals surface area contributed by atoms with Crippen molar-refractivity contribution in [1.29, 1.82) is 0 Å². The predicted octanol–water partition coefficient (Wildman–Crippen LogP) is 1.92. The highest BCUT2D eigenvalue weighted by atomic mass is 16.5. The fraction of sp³-hybridized carbons (Fsp3) is 0.533. The van der Waals surface area contributed by atoms with Crippen molar-refractivity contribution in [1.82, 2.24) is 4.90 Å². The molecule has 0 atom stereocenters. The number of rotatable bonds is 6. The predicted molar refractivity (Wildman–Crippen MR) is 76.5 cm³/mol. The van der Waals surface area contributed by atoms with Gasteiger partial charge in [0.1, 0.15) is 0 Å². The summed E-state index contributed by atoms with van der Waals surface area (Å²) in [5, 5.41) is 0. The Morgan fingerprint density at radius 1 is 1.37 bits per heavy atom. The van der Waals surface area contributed by atoms with E-state index in [0.717, 1.165) is 11.1 Å². The number of nitrogens with zero attached hydrogens (tertiary/aromatic N) is 1. The minimum atomic E-state index is -0.426. The molecular weight excluding hydrogens is 240 g/mol. The first-order chi connectivity index (χ1) is 8.88. The van der Waals surface area contributed by atoms with Crippen LogP contribution in [0.15, 0.2) is 24.3 Å². The lowest BCUT2D eigenvalue weighted by atomic mass is 10.0. The van der Waals surface area contributed by atoms with Crippen molar-refractivity contribution in [3.63, 3.8) is 0 Å². The second-order valence-corrected chi connectivity index (χ2v) is 5.41. The summed E-state index contributed by atoms with van der Waals surface area (Å²) >= 11 is 0. The van der Waals surface area contributed by atoms with Crippen LogP contribution in [-0.4, -0.2) is 30.6 Å². The van der Waals surface area contributed by atoms with Crippen molar-refractivity contribution in [2.75, 3.05) is 14.2 Å². The molecule has 1 aromatic rings. The first-order valence-corrected chi connectivity index (χ1v) is 6.45. The number of carbonyl (C=O) groups is 1. The quantitative estimate of drug-likeness (QED) is 0.854. The maximum atomic E-state index is 12.1. The number of amides is 1. The van der Waals surface area contributed by atoms with Gasteiger partial charge in [0.2, 0.25) is 5.91 Å². The van der Waals surface area contributed by atoms with Crippen molar-refractivity contribution in [3.8, 4) is 0 Å². The van der Waals surface area contributed by atoms with Crippen molar-refractivity contribution in [2.45, 2.75) is 39.0 Å². The summed E-state index contributed by atoms with van der Waals surface area (Å²) in [6.45, 7) is 4.93. The van der Waals surface area contributed by atoms with Crippen LogP contribution in [0.4, 0.5) is 0 Å². The molecule has 4 heteroatoms. The van der Waals surface area contributed by atoms with Gasteiger partial charge in [-0.2, -0.15) is 0 Å². The van der Waals surface area contributed by atoms with Crippen LogP contribution in [-0.2, 0) is 22.6 Å². The van der Waals surface area contributed by atoms with Crippen LogP contribution < -0.4 is 5.73 Å². The van der Waals surface area contributed by atoms with Gasteiger partial charge >= 0.3 is 0 Å². The smallest absolute Gasteiger partial charge is 0.225 e. The lowest BCUT2D eigenvalue weighted by molar-refractivity contribution is -0.135. The number of hydrogen-bond acceptors (Lipinski definition) is 3. The van der Waals surface area contributed by atoms with Crippen LogP contribution in [0.3, 0.4) is 0 Å². The van der Waals surface area contributed by atoms with Crippen LogP contribution in [0.25, 0.3) is 0 Å². The molecule has 0 heterocycles. The Hall–Kier alpha value is -1.39. The average molecular weight is 264 g/mol. The van der Waals surface area contributed by atoms with Gasteiger partial charge in [-0.1, -0.05) is 24.3 Å².